The van der Waals surface area contributed by atoms with Crippen LogP contribution in [0.25, 0.3) is 0 Å². The van der Waals surface area contributed by atoms with Crippen LogP contribution >= 0.6 is 11.6 Å². The maximum atomic E-state index is 5.93. The van der Waals surface area contributed by atoms with Gasteiger partial charge in [0.05, 0.1) is 0 Å². The molecular weight excluding hydrogens is 230 g/mol. The van der Waals surface area contributed by atoms with Crippen molar-refractivity contribution in [1.29, 1.82) is 0 Å². The van der Waals surface area contributed by atoms with E-state index in [0.29, 0.717) is 5.41 Å². The van der Waals surface area contributed by atoms with Gasteiger partial charge < -0.3 is 5.32 Å². The van der Waals surface area contributed by atoms with Gasteiger partial charge in [0.1, 0.15) is 0 Å². The summed E-state index contributed by atoms with van der Waals surface area (Å²) in [6, 6.07) is 8.32. The van der Waals surface area contributed by atoms with Gasteiger partial charge in [-0.2, -0.15) is 0 Å². The van der Waals surface area contributed by atoms with E-state index in [2.05, 4.69) is 45.1 Å². The van der Waals surface area contributed by atoms with Crippen LogP contribution in [0.2, 0.25) is 5.02 Å². The van der Waals surface area contributed by atoms with Crippen LogP contribution in [0.5, 0.6) is 0 Å². The van der Waals surface area contributed by atoms with Gasteiger partial charge in [-0.1, -0.05) is 30.7 Å². The molecular formula is C15H22ClN. The Hall–Kier alpha value is -0.530. The van der Waals surface area contributed by atoms with E-state index in [0.717, 1.165) is 17.5 Å². The van der Waals surface area contributed by atoms with Crippen molar-refractivity contribution in [2.75, 3.05) is 6.54 Å². The minimum atomic E-state index is 0.212. The molecule has 1 aliphatic rings. The molecule has 1 aliphatic carbocycles. The summed E-state index contributed by atoms with van der Waals surface area (Å²) in [6.07, 6.45) is 1.28. The van der Waals surface area contributed by atoms with Gasteiger partial charge >= 0.3 is 0 Å². The van der Waals surface area contributed by atoms with Crippen molar-refractivity contribution in [3.05, 3.63) is 34.9 Å². The van der Waals surface area contributed by atoms with Gasteiger partial charge in [0.15, 0.2) is 0 Å². The number of rotatable bonds is 3. The summed E-state index contributed by atoms with van der Waals surface area (Å²) >= 11 is 5.93. The lowest BCUT2D eigenvalue weighted by Crippen LogP contribution is -2.37. The molecule has 2 unspecified atom stereocenters. The first-order valence-corrected chi connectivity index (χ1v) is 6.70. The van der Waals surface area contributed by atoms with Crippen molar-refractivity contribution < 1.29 is 0 Å². The van der Waals surface area contributed by atoms with E-state index >= 15 is 0 Å². The summed E-state index contributed by atoms with van der Waals surface area (Å²) in [6.45, 7) is 10.1. The fourth-order valence-electron chi connectivity index (χ4n) is 2.36. The third kappa shape index (κ3) is 3.02. The van der Waals surface area contributed by atoms with E-state index in [1.54, 1.807) is 0 Å². The third-order valence-corrected chi connectivity index (χ3v) is 4.05. The minimum absolute atomic E-state index is 0.212. The molecule has 0 aromatic heterocycles. The van der Waals surface area contributed by atoms with Crippen LogP contribution in [0.15, 0.2) is 24.3 Å². The summed E-state index contributed by atoms with van der Waals surface area (Å²) in [5.74, 6) is 0.753. The summed E-state index contributed by atoms with van der Waals surface area (Å²) in [7, 11) is 0. The van der Waals surface area contributed by atoms with Crippen LogP contribution in [0.3, 0.4) is 0 Å². The lowest BCUT2D eigenvalue weighted by atomic mass is 9.95. The first kappa shape index (κ1) is 12.9. The van der Waals surface area contributed by atoms with Crippen LogP contribution in [-0.2, 0) is 5.41 Å². The van der Waals surface area contributed by atoms with Crippen LogP contribution in [0.1, 0.15) is 39.7 Å². The predicted octanol–water partition coefficient (Wildman–Crippen LogP) is 4.01. The zero-order valence-corrected chi connectivity index (χ0v) is 11.9. The number of hydrogen-bond donors (Lipinski definition) is 1. The summed E-state index contributed by atoms with van der Waals surface area (Å²) in [5.41, 5.74) is 1.98. The Balaban J connectivity index is 1.97. The van der Waals surface area contributed by atoms with Gasteiger partial charge in [0.2, 0.25) is 0 Å². The lowest BCUT2D eigenvalue weighted by molar-refractivity contribution is 0.406. The summed E-state index contributed by atoms with van der Waals surface area (Å²) in [5, 5.41) is 4.42. The fourth-order valence-corrected chi connectivity index (χ4v) is 2.49. The van der Waals surface area contributed by atoms with E-state index < -0.39 is 0 Å². The molecule has 0 amide bonds. The highest BCUT2D eigenvalue weighted by Gasteiger charge is 2.50. The first-order chi connectivity index (χ1) is 7.81. The second kappa shape index (κ2) is 4.29. The standard InChI is InChI=1S/C15H22ClN/c1-14(2,3)17-10-12-9-15(12,4)11-5-7-13(16)8-6-11/h5-8,12,17H,9-10H2,1-4H3. The number of nitrogens with one attached hydrogen (secondary N) is 1. The number of hydrogen-bond acceptors (Lipinski definition) is 1. The van der Waals surface area contributed by atoms with Gasteiger partial charge in [0, 0.05) is 10.6 Å². The molecule has 0 heterocycles. The molecule has 17 heavy (non-hydrogen) atoms. The zero-order chi connectivity index (χ0) is 12.7. The average Bonchev–Trinajstić information content (AvgIpc) is 2.88. The van der Waals surface area contributed by atoms with Crippen molar-refractivity contribution in [1.82, 2.24) is 5.32 Å². The monoisotopic (exact) mass is 251 g/mol. The van der Waals surface area contributed by atoms with Crippen LogP contribution < -0.4 is 5.32 Å². The van der Waals surface area contributed by atoms with Gasteiger partial charge in [-0.25, -0.2) is 0 Å². The lowest BCUT2D eigenvalue weighted by Gasteiger charge is -2.21. The highest BCUT2D eigenvalue weighted by atomic mass is 35.5. The molecule has 2 atom stereocenters. The van der Waals surface area contributed by atoms with E-state index in [1.807, 2.05) is 12.1 Å². The van der Waals surface area contributed by atoms with Crippen LogP contribution in [-0.4, -0.2) is 12.1 Å². The maximum absolute atomic E-state index is 5.93. The molecule has 2 rings (SSSR count). The second-order valence-corrected chi connectivity index (χ2v) is 6.89. The molecule has 0 saturated heterocycles. The van der Waals surface area contributed by atoms with Crippen molar-refractivity contribution in [2.45, 2.75) is 45.1 Å². The predicted molar refractivity (Wildman–Crippen MR) is 74.7 cm³/mol. The molecule has 0 bridgehead atoms. The Labute approximate surface area is 110 Å². The molecule has 0 spiro atoms. The molecule has 1 aromatic rings. The van der Waals surface area contributed by atoms with E-state index in [1.165, 1.54) is 12.0 Å². The van der Waals surface area contributed by atoms with Gasteiger partial charge in [-0.15, -0.1) is 0 Å². The largest absolute Gasteiger partial charge is 0.312 e. The molecule has 2 heteroatoms. The minimum Gasteiger partial charge on any atom is -0.312 e. The average molecular weight is 252 g/mol. The highest BCUT2D eigenvalue weighted by molar-refractivity contribution is 6.30. The highest BCUT2D eigenvalue weighted by Crippen LogP contribution is 2.53. The summed E-state index contributed by atoms with van der Waals surface area (Å²) in [4.78, 5) is 0. The molecule has 1 saturated carbocycles. The van der Waals surface area contributed by atoms with Crippen molar-refractivity contribution in [3.63, 3.8) is 0 Å². The van der Waals surface area contributed by atoms with Crippen LogP contribution in [0.4, 0.5) is 0 Å². The molecule has 0 radical (unpaired) electrons. The summed E-state index contributed by atoms with van der Waals surface area (Å²) < 4.78 is 0. The molecule has 1 fully saturated rings. The van der Waals surface area contributed by atoms with Gasteiger partial charge in [-0.3, -0.25) is 0 Å². The van der Waals surface area contributed by atoms with Gasteiger partial charge in [0.25, 0.3) is 0 Å². The topological polar surface area (TPSA) is 12.0 Å². The Bertz CT molecular complexity index is 390. The second-order valence-electron chi connectivity index (χ2n) is 6.46. The Morgan fingerprint density at radius 2 is 1.88 bits per heavy atom. The fraction of sp³-hybridized carbons (Fsp3) is 0.600. The molecule has 94 valence electrons. The van der Waals surface area contributed by atoms with Crippen LogP contribution in [0, 0.1) is 5.92 Å². The maximum Gasteiger partial charge on any atom is 0.0406 e. The third-order valence-electron chi connectivity index (χ3n) is 3.79. The van der Waals surface area contributed by atoms with Gasteiger partial charge in [-0.05, 0) is 62.8 Å². The quantitative estimate of drug-likeness (QED) is 0.856. The van der Waals surface area contributed by atoms with Crippen molar-refractivity contribution >= 4 is 11.6 Å². The van der Waals surface area contributed by atoms with E-state index in [-0.39, 0.29) is 5.54 Å². The molecule has 1 N–H and O–H groups in total. The molecule has 0 aliphatic heterocycles. The Kier molecular flexibility index (Phi) is 3.26. The van der Waals surface area contributed by atoms with Crippen molar-refractivity contribution in [3.8, 4) is 0 Å². The molecule has 1 nitrogen and oxygen atoms in total. The molecule has 1 aromatic carbocycles. The van der Waals surface area contributed by atoms with E-state index in [4.69, 9.17) is 11.6 Å². The number of halogens is 1. The van der Waals surface area contributed by atoms with Crippen molar-refractivity contribution in [2.24, 2.45) is 5.92 Å². The normalized spacial score (nSPS) is 28.2. The Morgan fingerprint density at radius 1 is 1.29 bits per heavy atom. The smallest absolute Gasteiger partial charge is 0.0406 e. The number of benzene rings is 1. The first-order valence-electron chi connectivity index (χ1n) is 6.32. The van der Waals surface area contributed by atoms with E-state index in [9.17, 15) is 0 Å². The SMILES string of the molecule is CC(C)(C)NCC1CC1(C)c1ccc(Cl)cc1. The Morgan fingerprint density at radius 3 is 2.41 bits per heavy atom. The zero-order valence-electron chi connectivity index (χ0n) is 11.2.